The molecule has 0 aliphatic carbocycles. The molecule has 0 bridgehead atoms. The molecule has 0 atom stereocenters. The Balaban J connectivity index is 1.85. The van der Waals surface area contributed by atoms with Crippen LogP contribution in [-0.4, -0.2) is 33.5 Å². The van der Waals surface area contributed by atoms with E-state index in [4.69, 9.17) is 9.84 Å². The van der Waals surface area contributed by atoms with Gasteiger partial charge in [-0.25, -0.2) is 4.79 Å². The van der Waals surface area contributed by atoms with Crippen molar-refractivity contribution in [3.8, 4) is 0 Å². The number of benzene rings is 1. The standard InChI is InChI=1S/C18H23N3O4/c1-13(2)16-9-20-21(11-16)10-14-4-3-5-15(8-14)12-25-18(24)19-7-6-17(22)23/h3-5,8-9,11,13H,6-7,10,12H2,1-2H3,(H,19,24)(H,22,23). The van der Waals surface area contributed by atoms with Crippen LogP contribution in [0.4, 0.5) is 4.79 Å². The molecule has 1 heterocycles. The molecule has 2 rings (SSSR count). The molecule has 2 aromatic rings. The van der Waals surface area contributed by atoms with Crippen molar-refractivity contribution in [1.29, 1.82) is 0 Å². The van der Waals surface area contributed by atoms with E-state index in [2.05, 4.69) is 24.3 Å². The van der Waals surface area contributed by atoms with Crippen LogP contribution in [0.2, 0.25) is 0 Å². The second-order valence-electron chi connectivity index (χ2n) is 6.09. The van der Waals surface area contributed by atoms with Gasteiger partial charge in [0.2, 0.25) is 0 Å². The molecular formula is C18H23N3O4. The second-order valence-corrected chi connectivity index (χ2v) is 6.09. The molecule has 0 fully saturated rings. The van der Waals surface area contributed by atoms with Crippen molar-refractivity contribution in [2.24, 2.45) is 0 Å². The molecule has 1 amide bonds. The van der Waals surface area contributed by atoms with Gasteiger partial charge in [0, 0.05) is 12.7 Å². The summed E-state index contributed by atoms with van der Waals surface area (Å²) in [5.41, 5.74) is 3.12. The molecule has 0 saturated carbocycles. The normalized spacial score (nSPS) is 10.7. The third-order valence-corrected chi connectivity index (χ3v) is 3.63. The van der Waals surface area contributed by atoms with E-state index in [9.17, 15) is 9.59 Å². The number of aromatic nitrogens is 2. The lowest BCUT2D eigenvalue weighted by atomic mass is 10.1. The Morgan fingerprint density at radius 3 is 2.76 bits per heavy atom. The minimum absolute atomic E-state index is 0.0473. The third kappa shape index (κ3) is 6.29. The lowest BCUT2D eigenvalue weighted by Gasteiger charge is -2.08. The van der Waals surface area contributed by atoms with Crippen LogP contribution < -0.4 is 5.32 Å². The number of nitrogens with one attached hydrogen (secondary N) is 1. The minimum atomic E-state index is -0.966. The number of carbonyl (C=O) groups excluding carboxylic acids is 1. The van der Waals surface area contributed by atoms with Gasteiger partial charge in [-0.3, -0.25) is 9.48 Å². The minimum Gasteiger partial charge on any atom is -0.481 e. The van der Waals surface area contributed by atoms with Crippen LogP contribution in [-0.2, 0) is 22.7 Å². The topological polar surface area (TPSA) is 93.5 Å². The van der Waals surface area contributed by atoms with Crippen molar-refractivity contribution in [2.45, 2.75) is 39.3 Å². The number of carbonyl (C=O) groups is 2. The Bertz CT molecular complexity index is 725. The van der Waals surface area contributed by atoms with Gasteiger partial charge in [-0.2, -0.15) is 5.10 Å². The number of alkyl carbamates (subject to hydrolysis) is 1. The van der Waals surface area contributed by atoms with Gasteiger partial charge >= 0.3 is 12.1 Å². The first kappa shape index (κ1) is 18.5. The maximum absolute atomic E-state index is 11.5. The number of ether oxygens (including phenoxy) is 1. The summed E-state index contributed by atoms with van der Waals surface area (Å²) in [6.45, 7) is 5.07. The molecule has 1 aromatic carbocycles. The summed E-state index contributed by atoms with van der Waals surface area (Å²) in [5.74, 6) is -0.527. The first-order chi connectivity index (χ1) is 11.9. The fourth-order valence-electron chi connectivity index (χ4n) is 2.24. The monoisotopic (exact) mass is 345 g/mol. The highest BCUT2D eigenvalue weighted by molar-refractivity contribution is 5.70. The van der Waals surface area contributed by atoms with Crippen molar-refractivity contribution in [1.82, 2.24) is 15.1 Å². The van der Waals surface area contributed by atoms with Gasteiger partial charge in [0.15, 0.2) is 0 Å². The summed E-state index contributed by atoms with van der Waals surface area (Å²) >= 11 is 0. The molecule has 7 heteroatoms. The summed E-state index contributed by atoms with van der Waals surface area (Å²) in [6.07, 6.45) is 3.15. The highest BCUT2D eigenvalue weighted by atomic mass is 16.5. The molecule has 0 radical (unpaired) electrons. The SMILES string of the molecule is CC(C)c1cnn(Cc2cccc(COC(=O)NCCC(=O)O)c2)c1. The molecule has 134 valence electrons. The Kier molecular flexibility index (Phi) is 6.56. The van der Waals surface area contributed by atoms with Crippen LogP contribution >= 0.6 is 0 Å². The van der Waals surface area contributed by atoms with E-state index in [1.807, 2.05) is 41.3 Å². The fourth-order valence-corrected chi connectivity index (χ4v) is 2.24. The largest absolute Gasteiger partial charge is 0.481 e. The molecule has 0 spiro atoms. The Labute approximate surface area is 146 Å². The molecule has 0 aliphatic rings. The van der Waals surface area contributed by atoms with Crippen molar-refractivity contribution in [2.75, 3.05) is 6.54 Å². The first-order valence-electron chi connectivity index (χ1n) is 8.16. The van der Waals surface area contributed by atoms with Gasteiger partial charge in [-0.1, -0.05) is 38.1 Å². The Hall–Kier alpha value is -2.83. The molecular weight excluding hydrogens is 322 g/mol. The van der Waals surface area contributed by atoms with E-state index in [-0.39, 0.29) is 19.6 Å². The fraction of sp³-hybridized carbons (Fsp3) is 0.389. The number of nitrogens with zero attached hydrogens (tertiary/aromatic N) is 2. The highest BCUT2D eigenvalue weighted by Crippen LogP contribution is 2.14. The van der Waals surface area contributed by atoms with Gasteiger partial charge in [0.1, 0.15) is 6.61 Å². The van der Waals surface area contributed by atoms with Gasteiger partial charge in [0.25, 0.3) is 0 Å². The van der Waals surface area contributed by atoms with E-state index in [0.29, 0.717) is 12.5 Å². The molecule has 0 unspecified atom stereocenters. The number of amides is 1. The molecule has 7 nitrogen and oxygen atoms in total. The van der Waals surface area contributed by atoms with Gasteiger partial charge in [0.05, 0.1) is 19.2 Å². The Morgan fingerprint density at radius 1 is 1.32 bits per heavy atom. The average molecular weight is 345 g/mol. The summed E-state index contributed by atoms with van der Waals surface area (Å²) in [7, 11) is 0. The number of hydrogen-bond donors (Lipinski definition) is 2. The van der Waals surface area contributed by atoms with Crippen LogP contribution in [0.5, 0.6) is 0 Å². The van der Waals surface area contributed by atoms with Crippen LogP contribution in [0.3, 0.4) is 0 Å². The molecule has 0 saturated heterocycles. The predicted octanol–water partition coefficient (Wildman–Crippen LogP) is 2.76. The number of carboxylic acid groups (broad SMARTS) is 1. The summed E-state index contributed by atoms with van der Waals surface area (Å²) in [4.78, 5) is 21.9. The van der Waals surface area contributed by atoms with Gasteiger partial charge < -0.3 is 15.2 Å². The molecule has 0 aliphatic heterocycles. The summed E-state index contributed by atoms with van der Waals surface area (Å²) < 4.78 is 6.97. The Morgan fingerprint density at radius 2 is 2.08 bits per heavy atom. The van der Waals surface area contributed by atoms with E-state index in [1.54, 1.807) is 0 Å². The van der Waals surface area contributed by atoms with Gasteiger partial charge in [-0.05, 0) is 22.6 Å². The van der Waals surface area contributed by atoms with Crippen molar-refractivity contribution >= 4 is 12.1 Å². The van der Waals surface area contributed by atoms with E-state index in [0.717, 1.165) is 11.1 Å². The number of aliphatic carboxylic acids is 1. The van der Waals surface area contributed by atoms with Crippen molar-refractivity contribution in [3.05, 3.63) is 53.3 Å². The van der Waals surface area contributed by atoms with E-state index < -0.39 is 12.1 Å². The zero-order valence-electron chi connectivity index (χ0n) is 14.4. The van der Waals surface area contributed by atoms with Crippen LogP contribution in [0.15, 0.2) is 36.7 Å². The van der Waals surface area contributed by atoms with Crippen LogP contribution in [0.1, 0.15) is 42.9 Å². The predicted molar refractivity (Wildman–Crippen MR) is 92.3 cm³/mol. The quantitative estimate of drug-likeness (QED) is 0.767. The molecule has 2 N–H and O–H groups in total. The highest BCUT2D eigenvalue weighted by Gasteiger charge is 2.06. The smallest absolute Gasteiger partial charge is 0.407 e. The maximum Gasteiger partial charge on any atom is 0.407 e. The van der Waals surface area contributed by atoms with Crippen LogP contribution in [0, 0.1) is 0 Å². The van der Waals surface area contributed by atoms with Crippen LogP contribution in [0.25, 0.3) is 0 Å². The molecule has 25 heavy (non-hydrogen) atoms. The summed E-state index contributed by atoms with van der Waals surface area (Å²) in [5, 5.41) is 15.3. The number of hydrogen-bond acceptors (Lipinski definition) is 4. The molecule has 1 aromatic heterocycles. The van der Waals surface area contributed by atoms with Gasteiger partial charge in [-0.15, -0.1) is 0 Å². The zero-order valence-corrected chi connectivity index (χ0v) is 14.4. The lowest BCUT2D eigenvalue weighted by molar-refractivity contribution is -0.136. The second kappa shape index (κ2) is 8.86. The maximum atomic E-state index is 11.5. The third-order valence-electron chi connectivity index (χ3n) is 3.63. The number of rotatable bonds is 8. The van der Waals surface area contributed by atoms with Crippen molar-refractivity contribution in [3.63, 3.8) is 0 Å². The van der Waals surface area contributed by atoms with E-state index in [1.165, 1.54) is 5.56 Å². The number of carboxylic acids is 1. The van der Waals surface area contributed by atoms with Crippen molar-refractivity contribution < 1.29 is 19.4 Å². The zero-order chi connectivity index (χ0) is 18.2. The van der Waals surface area contributed by atoms with E-state index >= 15 is 0 Å². The summed E-state index contributed by atoms with van der Waals surface area (Å²) in [6, 6.07) is 7.73. The average Bonchev–Trinajstić information content (AvgIpc) is 3.02. The first-order valence-corrected chi connectivity index (χ1v) is 8.16. The lowest BCUT2D eigenvalue weighted by Crippen LogP contribution is -2.26.